The number of ketones is 1. The van der Waals surface area contributed by atoms with Gasteiger partial charge in [-0.05, 0) is 79.2 Å². The molecule has 7 rings (SSSR count). The molecule has 5 fully saturated rings. The number of nitrogens with zero attached hydrogens (tertiary/aromatic N) is 2. The number of hydrogen-bond acceptors (Lipinski definition) is 7. The van der Waals surface area contributed by atoms with Crippen LogP contribution in [0.15, 0.2) is 29.4 Å². The van der Waals surface area contributed by atoms with Crippen LogP contribution in [0, 0.1) is 28.6 Å². The van der Waals surface area contributed by atoms with Gasteiger partial charge in [0.05, 0.1) is 18.3 Å². The molecule has 6 aliphatic rings. The van der Waals surface area contributed by atoms with Crippen LogP contribution in [0.1, 0.15) is 97.5 Å². The molecule has 3 N–H and O–H groups in total. The van der Waals surface area contributed by atoms with Crippen molar-refractivity contribution in [3.63, 3.8) is 0 Å². The first-order chi connectivity index (χ1) is 23.2. The van der Waals surface area contributed by atoms with Crippen molar-refractivity contribution in [2.75, 3.05) is 6.54 Å². The van der Waals surface area contributed by atoms with E-state index in [1.807, 2.05) is 39.8 Å². The van der Waals surface area contributed by atoms with Crippen molar-refractivity contribution < 1.29 is 28.8 Å². The zero-order chi connectivity index (χ0) is 34.9. The van der Waals surface area contributed by atoms with Crippen LogP contribution in [0.2, 0.25) is 5.02 Å². The van der Waals surface area contributed by atoms with Crippen molar-refractivity contribution in [2.24, 2.45) is 33.7 Å². The molecular weight excluding hydrogens is 646 g/mol. The van der Waals surface area contributed by atoms with Crippen molar-refractivity contribution in [2.45, 2.75) is 122 Å². The number of carbonyl (C=O) groups excluding carboxylic acids is 5. The van der Waals surface area contributed by atoms with Crippen LogP contribution in [-0.2, 0) is 28.8 Å². The number of nitrogens with one attached hydrogen (secondary N) is 3. The molecule has 4 amide bonds. The van der Waals surface area contributed by atoms with Crippen LogP contribution in [0.5, 0.6) is 0 Å². The highest BCUT2D eigenvalue weighted by Crippen LogP contribution is 2.82. The summed E-state index contributed by atoms with van der Waals surface area (Å²) in [7, 11) is 0. The summed E-state index contributed by atoms with van der Waals surface area (Å²) in [6.07, 6.45) is 6.98. The molecule has 4 aliphatic carbocycles. The fourth-order valence-corrected chi connectivity index (χ4v) is 9.18. The Balaban J connectivity index is 1.10. The van der Waals surface area contributed by atoms with Crippen molar-refractivity contribution in [1.29, 1.82) is 0 Å². The Morgan fingerprint density at radius 2 is 1.88 bits per heavy atom. The maximum atomic E-state index is 14.6. The van der Waals surface area contributed by atoms with E-state index in [0.29, 0.717) is 47.2 Å². The predicted octanol–water partition coefficient (Wildman–Crippen LogP) is 3.90. The van der Waals surface area contributed by atoms with Crippen LogP contribution in [0.3, 0.4) is 0 Å². The van der Waals surface area contributed by atoms with Gasteiger partial charge in [0, 0.05) is 35.9 Å². The molecular formula is C37H48ClN5O6. The van der Waals surface area contributed by atoms with Gasteiger partial charge < -0.3 is 25.7 Å². The third-order valence-electron chi connectivity index (χ3n) is 12.0. The van der Waals surface area contributed by atoms with E-state index in [2.05, 4.69) is 21.1 Å². The largest absolute Gasteiger partial charge is 0.387 e. The summed E-state index contributed by atoms with van der Waals surface area (Å²) in [6, 6.07) is 4.31. The van der Waals surface area contributed by atoms with Crippen molar-refractivity contribution in [3.8, 4) is 0 Å². The van der Waals surface area contributed by atoms with Gasteiger partial charge >= 0.3 is 0 Å². The van der Waals surface area contributed by atoms with E-state index in [0.717, 1.165) is 30.7 Å². The zero-order valence-corrected chi connectivity index (χ0v) is 29.6. The van der Waals surface area contributed by atoms with E-state index in [1.165, 1.54) is 17.7 Å². The third-order valence-corrected chi connectivity index (χ3v) is 12.2. The van der Waals surface area contributed by atoms with E-state index < -0.39 is 52.6 Å². The van der Waals surface area contributed by atoms with Gasteiger partial charge in [-0.25, -0.2) is 0 Å². The lowest BCUT2D eigenvalue weighted by Gasteiger charge is -2.53. The predicted molar refractivity (Wildman–Crippen MR) is 182 cm³/mol. The molecule has 264 valence electrons. The Morgan fingerprint density at radius 3 is 2.49 bits per heavy atom. The van der Waals surface area contributed by atoms with Gasteiger partial charge in [-0.3, -0.25) is 24.0 Å². The Labute approximate surface area is 292 Å². The second-order valence-electron chi connectivity index (χ2n) is 16.7. The van der Waals surface area contributed by atoms with Crippen LogP contribution in [-0.4, -0.2) is 76.3 Å². The lowest BCUT2D eigenvalue weighted by Crippen LogP contribution is -2.59. The van der Waals surface area contributed by atoms with Crippen LogP contribution in [0.4, 0.5) is 0 Å². The van der Waals surface area contributed by atoms with E-state index in [1.54, 1.807) is 12.1 Å². The minimum Gasteiger partial charge on any atom is -0.387 e. The van der Waals surface area contributed by atoms with Crippen molar-refractivity contribution in [3.05, 3.63) is 34.9 Å². The molecule has 4 saturated carbocycles. The average molecular weight is 694 g/mol. The Bertz CT molecular complexity index is 1600. The molecule has 0 aromatic heterocycles. The molecule has 11 nitrogen and oxygen atoms in total. The number of likely N-dealkylation sites (tertiary alicyclic amines) is 1. The summed E-state index contributed by atoms with van der Waals surface area (Å²) in [5.74, 6) is -0.615. The standard InChI is InChI=1S/C37H48ClN5O6/c1-5-7-26(30(45)33(47)39-24-10-11-24)40-32(46)28-18-36(17-27(42-49-36)20-8-6-9-23(38)12-20)19-43(28)34(48)31(35(2,3)4)41-29(44)13-21-15-37-16-22(37)14-25(21)37/h6,8-9,12,21-22,24-26,28,31H,5,7,10-11,13-19H2,1-4H3,(H,39,47)(H,40,46)(H,41,44)/t21?,22?,25?,26-,28-,31+,36+,37?/m0/s1. The molecule has 49 heavy (non-hydrogen) atoms. The minimum absolute atomic E-state index is 0.000249. The summed E-state index contributed by atoms with van der Waals surface area (Å²) in [6.45, 7) is 7.63. The monoisotopic (exact) mass is 693 g/mol. The number of Topliss-reactive ketones (excluding diaryl/α,β-unsaturated/α-hetero) is 1. The number of amides is 4. The number of hydrogen-bond donors (Lipinski definition) is 3. The highest BCUT2D eigenvalue weighted by atomic mass is 35.5. The molecule has 0 radical (unpaired) electrons. The molecule has 1 aromatic carbocycles. The number of rotatable bonds is 12. The zero-order valence-electron chi connectivity index (χ0n) is 28.9. The molecule has 2 heterocycles. The van der Waals surface area contributed by atoms with Gasteiger partial charge in [0.15, 0.2) is 5.60 Å². The average Bonchev–Trinajstić information content (AvgIpc) is 3.89. The van der Waals surface area contributed by atoms with Crippen LogP contribution in [0.25, 0.3) is 0 Å². The normalized spacial score (nSPS) is 31.9. The summed E-state index contributed by atoms with van der Waals surface area (Å²) < 4.78 is 0. The van der Waals surface area contributed by atoms with Gasteiger partial charge in [-0.1, -0.05) is 63.0 Å². The second-order valence-corrected chi connectivity index (χ2v) is 17.1. The van der Waals surface area contributed by atoms with Crippen molar-refractivity contribution >= 4 is 46.7 Å². The first-order valence-corrected chi connectivity index (χ1v) is 18.4. The lowest BCUT2D eigenvalue weighted by atomic mass is 9.51. The highest BCUT2D eigenvalue weighted by molar-refractivity contribution is 6.38. The van der Waals surface area contributed by atoms with Crippen LogP contribution < -0.4 is 16.0 Å². The van der Waals surface area contributed by atoms with E-state index >= 15 is 0 Å². The molecule has 4 unspecified atom stereocenters. The molecule has 8 atom stereocenters. The summed E-state index contributed by atoms with van der Waals surface area (Å²) in [5.41, 5.74) is 0.299. The number of halogens is 1. The number of oxime groups is 1. The highest BCUT2D eigenvalue weighted by Gasteiger charge is 2.75. The first kappa shape index (κ1) is 34.0. The number of benzene rings is 1. The quantitative estimate of drug-likeness (QED) is 0.283. The topological polar surface area (TPSA) is 146 Å². The fraction of sp³-hybridized carbons (Fsp3) is 0.676. The van der Waals surface area contributed by atoms with Crippen molar-refractivity contribution in [1.82, 2.24) is 20.9 Å². The lowest BCUT2D eigenvalue weighted by molar-refractivity contribution is -0.146. The molecule has 1 saturated heterocycles. The maximum absolute atomic E-state index is 14.6. The van der Waals surface area contributed by atoms with Gasteiger partial charge in [0.25, 0.3) is 5.91 Å². The van der Waals surface area contributed by atoms with E-state index in [4.69, 9.17) is 16.4 Å². The van der Waals surface area contributed by atoms with Gasteiger partial charge in [0.1, 0.15) is 12.1 Å². The van der Waals surface area contributed by atoms with E-state index in [9.17, 15) is 24.0 Å². The summed E-state index contributed by atoms with van der Waals surface area (Å²) in [5, 5.41) is 13.5. The summed E-state index contributed by atoms with van der Waals surface area (Å²) in [4.78, 5) is 75.6. The molecule has 1 aromatic rings. The number of carbonyl (C=O) groups is 5. The van der Waals surface area contributed by atoms with Gasteiger partial charge in [-0.2, -0.15) is 0 Å². The molecule has 2 aliphatic heterocycles. The fourth-order valence-electron chi connectivity index (χ4n) is 8.99. The third kappa shape index (κ3) is 6.48. The molecule has 12 heteroatoms. The SMILES string of the molecule is CCC[C@H](NC(=O)[C@@H]1C[C@]2(CC(c3cccc(Cl)c3)=NO2)CN1C(=O)[C@@H](NC(=O)CC1CC23CC2CC13)C(C)(C)C)C(=O)C(=O)NC1CC1. The first-order valence-electron chi connectivity index (χ1n) is 18.0. The van der Waals surface area contributed by atoms with E-state index in [-0.39, 0.29) is 31.3 Å². The smallest absolute Gasteiger partial charge is 0.289 e. The van der Waals surface area contributed by atoms with Gasteiger partial charge in [-0.15, -0.1) is 0 Å². The van der Waals surface area contributed by atoms with Crippen LogP contribution >= 0.6 is 11.6 Å². The maximum Gasteiger partial charge on any atom is 0.289 e. The minimum atomic E-state index is -1.03. The second kappa shape index (κ2) is 12.4. The van der Waals surface area contributed by atoms with Gasteiger partial charge in [0.2, 0.25) is 23.5 Å². The Morgan fingerprint density at radius 1 is 1.10 bits per heavy atom. The Kier molecular flexibility index (Phi) is 8.60. The Hall–Kier alpha value is -3.47. The molecule has 0 bridgehead atoms. The molecule has 2 spiro atoms. The summed E-state index contributed by atoms with van der Waals surface area (Å²) >= 11 is 6.26.